The molecule has 0 aromatic heterocycles. The molecule has 0 saturated heterocycles. The minimum absolute atomic E-state index is 0.345. The fourth-order valence-electron chi connectivity index (χ4n) is 2.65. The van der Waals surface area contributed by atoms with Crippen LogP contribution in [0.4, 0.5) is 0 Å². The summed E-state index contributed by atoms with van der Waals surface area (Å²) >= 11 is 0. The highest BCUT2D eigenvalue weighted by molar-refractivity contribution is 5.66. The van der Waals surface area contributed by atoms with Crippen LogP contribution in [0.3, 0.4) is 0 Å². The highest BCUT2D eigenvalue weighted by atomic mass is 16.4. The van der Waals surface area contributed by atoms with Crippen LogP contribution in [0.5, 0.6) is 0 Å². The second-order valence-electron chi connectivity index (χ2n) is 6.20. The Morgan fingerprint density at radius 3 is 1.26 bits per heavy atom. The number of isocyanates is 1. The third-order valence-corrected chi connectivity index (χ3v) is 3.99. The van der Waals surface area contributed by atoms with Gasteiger partial charge in [0, 0.05) is 6.42 Å². The molecule has 4 nitrogen and oxygen atoms in total. The van der Waals surface area contributed by atoms with Gasteiger partial charge in [-0.15, -0.1) is 0 Å². The molecule has 0 aliphatic carbocycles. The maximum absolute atomic E-state index is 10.3. The second-order valence-corrected chi connectivity index (χ2v) is 6.20. The van der Waals surface area contributed by atoms with E-state index in [1.165, 1.54) is 83.5 Å². The van der Waals surface area contributed by atoms with Crippen molar-refractivity contribution in [1.29, 1.82) is 5.41 Å². The number of hydrogen-bond acceptors (Lipinski definition) is 3. The number of carbonyl (C=O) groups excluding carboxylic acids is 1. The van der Waals surface area contributed by atoms with Gasteiger partial charge in [0.1, 0.15) is 0 Å². The van der Waals surface area contributed by atoms with E-state index in [1.807, 2.05) is 0 Å². The summed E-state index contributed by atoms with van der Waals surface area (Å²) in [5.74, 6) is -0.653. The number of aliphatic carboxylic acids is 1. The predicted molar refractivity (Wildman–Crippen MR) is 95.6 cm³/mol. The van der Waals surface area contributed by atoms with Crippen LogP contribution < -0.4 is 0 Å². The van der Waals surface area contributed by atoms with Crippen molar-refractivity contribution in [2.24, 2.45) is 0 Å². The lowest BCUT2D eigenvalue weighted by Gasteiger charge is -2.03. The third kappa shape index (κ3) is 29.5. The van der Waals surface area contributed by atoms with Crippen molar-refractivity contribution in [1.82, 2.24) is 0 Å². The van der Waals surface area contributed by atoms with Crippen molar-refractivity contribution in [2.75, 3.05) is 0 Å². The lowest BCUT2D eigenvalue weighted by atomic mass is 10.0. The fourth-order valence-corrected chi connectivity index (χ4v) is 2.65. The summed E-state index contributed by atoms with van der Waals surface area (Å²) in [7, 11) is 0. The third-order valence-electron chi connectivity index (χ3n) is 3.99. The van der Waals surface area contributed by atoms with E-state index in [1.54, 1.807) is 0 Å². The summed E-state index contributed by atoms with van der Waals surface area (Å²) in [6, 6.07) is 0. The van der Waals surface area contributed by atoms with Crippen molar-refractivity contribution in [3.8, 4) is 0 Å². The molecule has 0 aromatic rings. The number of carboxylic acids is 1. The number of carbonyl (C=O) groups is 1. The number of nitrogens with one attached hydrogen (secondary N) is 1. The Morgan fingerprint density at radius 2 is 1.00 bits per heavy atom. The molecule has 2 N–H and O–H groups in total. The van der Waals surface area contributed by atoms with Crippen LogP contribution in [0.1, 0.15) is 110 Å². The van der Waals surface area contributed by atoms with E-state index in [2.05, 4.69) is 6.92 Å². The highest BCUT2D eigenvalue weighted by Crippen LogP contribution is 2.13. The topological polar surface area (TPSA) is 78.2 Å². The Bertz CT molecular complexity index is 274. The average molecular weight is 328 g/mol. The van der Waals surface area contributed by atoms with E-state index in [4.69, 9.17) is 15.3 Å². The van der Waals surface area contributed by atoms with Gasteiger partial charge in [0.2, 0.25) is 6.08 Å². The van der Waals surface area contributed by atoms with Gasteiger partial charge in [0.15, 0.2) is 0 Å². The summed E-state index contributed by atoms with van der Waals surface area (Å²) in [6.07, 6.45) is 20.9. The van der Waals surface area contributed by atoms with E-state index < -0.39 is 5.97 Å². The Labute approximate surface area is 142 Å². The van der Waals surface area contributed by atoms with Crippen LogP contribution in [0, 0.1) is 5.41 Å². The largest absolute Gasteiger partial charge is 0.481 e. The maximum Gasteiger partial charge on any atom is 0.303 e. The van der Waals surface area contributed by atoms with Crippen LogP contribution >= 0.6 is 0 Å². The first kappa shape index (κ1) is 24.1. The Morgan fingerprint density at radius 1 is 0.739 bits per heavy atom. The molecule has 136 valence electrons. The minimum atomic E-state index is -0.653. The van der Waals surface area contributed by atoms with Gasteiger partial charge in [-0.1, -0.05) is 96.8 Å². The normalized spacial score (nSPS) is 9.78. The molecule has 0 atom stereocenters. The lowest BCUT2D eigenvalue weighted by Crippen LogP contribution is -1.93. The van der Waals surface area contributed by atoms with Crippen molar-refractivity contribution in [2.45, 2.75) is 110 Å². The van der Waals surface area contributed by atoms with Gasteiger partial charge >= 0.3 is 5.97 Å². The van der Waals surface area contributed by atoms with Crippen molar-refractivity contribution in [3.63, 3.8) is 0 Å². The molecule has 23 heavy (non-hydrogen) atoms. The Hall–Kier alpha value is -1.15. The van der Waals surface area contributed by atoms with Crippen LogP contribution in [0.2, 0.25) is 0 Å². The van der Waals surface area contributed by atoms with Crippen LogP contribution in [-0.2, 0) is 9.59 Å². The molecule has 0 spiro atoms. The zero-order valence-corrected chi connectivity index (χ0v) is 15.1. The van der Waals surface area contributed by atoms with Crippen molar-refractivity contribution in [3.05, 3.63) is 0 Å². The van der Waals surface area contributed by atoms with Gasteiger partial charge in [-0.25, -0.2) is 10.2 Å². The smallest absolute Gasteiger partial charge is 0.303 e. The summed E-state index contributed by atoms with van der Waals surface area (Å²) in [4.78, 5) is 18.7. The maximum atomic E-state index is 10.3. The van der Waals surface area contributed by atoms with E-state index >= 15 is 0 Å². The molecule has 0 saturated carbocycles. The molecule has 0 rings (SSSR count). The first-order chi connectivity index (χ1) is 11.2. The van der Waals surface area contributed by atoms with Gasteiger partial charge in [-0.3, -0.25) is 4.79 Å². The monoisotopic (exact) mass is 327 g/mol. The zero-order valence-electron chi connectivity index (χ0n) is 15.1. The molecule has 0 aliphatic rings. The number of rotatable bonds is 16. The van der Waals surface area contributed by atoms with E-state index in [0.717, 1.165) is 18.9 Å². The molecular formula is C19H37NO3. The number of unbranched alkanes of at least 4 members (excludes halogenated alkanes) is 14. The van der Waals surface area contributed by atoms with E-state index in [0.29, 0.717) is 6.42 Å². The second kappa shape index (κ2) is 23.1. The molecule has 0 bridgehead atoms. The molecule has 0 unspecified atom stereocenters. The molecule has 4 heteroatoms. The SMILES string of the molecule is CCCCCCCCCCCCCCCCCC(=O)O.N=C=O. The molecular weight excluding hydrogens is 290 g/mol. The van der Waals surface area contributed by atoms with Crippen LogP contribution in [-0.4, -0.2) is 17.2 Å². The highest BCUT2D eigenvalue weighted by Gasteiger charge is 1.97. The molecule has 0 aromatic carbocycles. The first-order valence-corrected chi connectivity index (χ1v) is 9.44. The first-order valence-electron chi connectivity index (χ1n) is 9.44. The van der Waals surface area contributed by atoms with Gasteiger partial charge in [-0.05, 0) is 6.42 Å². The summed E-state index contributed by atoms with van der Waals surface area (Å²) in [5.41, 5.74) is 0. The number of hydrogen-bond donors (Lipinski definition) is 2. The van der Waals surface area contributed by atoms with Gasteiger partial charge < -0.3 is 5.11 Å². The van der Waals surface area contributed by atoms with Crippen molar-refractivity contribution >= 4 is 12.0 Å². The zero-order chi connectivity index (χ0) is 17.6. The van der Waals surface area contributed by atoms with Crippen LogP contribution in [0.25, 0.3) is 0 Å². The van der Waals surface area contributed by atoms with Gasteiger partial charge in [0.25, 0.3) is 0 Å². The minimum Gasteiger partial charge on any atom is -0.481 e. The summed E-state index contributed by atoms with van der Waals surface area (Å²) in [5, 5.41) is 13.9. The predicted octanol–water partition coefficient (Wildman–Crippen LogP) is 6.23. The lowest BCUT2D eigenvalue weighted by molar-refractivity contribution is -0.137. The summed E-state index contributed by atoms with van der Waals surface area (Å²) < 4.78 is 0. The van der Waals surface area contributed by atoms with E-state index in [9.17, 15) is 4.79 Å². The van der Waals surface area contributed by atoms with Crippen LogP contribution in [0.15, 0.2) is 0 Å². The van der Waals surface area contributed by atoms with E-state index in [-0.39, 0.29) is 0 Å². The average Bonchev–Trinajstić information content (AvgIpc) is 2.51. The number of carboxylic acid groups (broad SMARTS) is 1. The Balaban J connectivity index is 0. The summed E-state index contributed by atoms with van der Waals surface area (Å²) in [6.45, 7) is 2.27. The molecule has 0 fully saturated rings. The molecule has 0 amide bonds. The standard InChI is InChI=1S/C18H36O2.CHNO/c1-2-3-4-5-6-7-8-9-10-11-12-13-14-15-16-17-18(19)20;2-1-3/h2-17H2,1H3,(H,19,20);2H. The fraction of sp³-hybridized carbons (Fsp3) is 0.895. The molecule has 0 radical (unpaired) electrons. The van der Waals surface area contributed by atoms with Gasteiger partial charge in [-0.2, -0.15) is 0 Å². The quantitative estimate of drug-likeness (QED) is 0.200. The Kier molecular flexibility index (Phi) is 24.2. The van der Waals surface area contributed by atoms with Crippen molar-refractivity contribution < 1.29 is 14.7 Å². The van der Waals surface area contributed by atoms with Gasteiger partial charge in [0.05, 0.1) is 0 Å². The molecule has 0 heterocycles. The molecule has 0 aliphatic heterocycles.